The van der Waals surface area contributed by atoms with E-state index in [1.54, 1.807) is 0 Å². The predicted octanol–water partition coefficient (Wildman–Crippen LogP) is 2.74. The number of halogens is 7. The molecule has 0 aromatic heterocycles. The quantitative estimate of drug-likeness (QED) is 0.652. The van der Waals surface area contributed by atoms with E-state index in [9.17, 15) is 30.7 Å². The molecule has 0 spiro atoms. The summed E-state index contributed by atoms with van der Waals surface area (Å²) < 4.78 is 82.9. The molecule has 1 nitrogen and oxygen atoms in total. The fourth-order valence-corrected chi connectivity index (χ4v) is 0.310. The summed E-state index contributed by atoms with van der Waals surface area (Å²) in [5.74, 6) is -5.18. The Kier molecular flexibility index (Phi) is 2.97. The molecule has 0 aliphatic carbocycles. The summed E-state index contributed by atoms with van der Waals surface area (Å²) in [7, 11) is 0. The van der Waals surface area contributed by atoms with Gasteiger partial charge in [0.05, 0.1) is 0 Å². The van der Waals surface area contributed by atoms with Gasteiger partial charge in [-0.1, -0.05) is 6.58 Å². The summed E-state index contributed by atoms with van der Waals surface area (Å²) in [5, 5.41) is 0. The first-order valence-electron chi connectivity index (χ1n) is 2.60. The topological polar surface area (TPSA) is 9.23 Å². The first-order valence-corrected chi connectivity index (χ1v) is 2.60. The molecule has 0 aromatic rings. The highest BCUT2D eigenvalue weighted by Crippen LogP contribution is 2.40. The van der Waals surface area contributed by atoms with Crippen molar-refractivity contribution in [2.75, 3.05) is 0 Å². The Labute approximate surface area is 67.8 Å². The first kappa shape index (κ1) is 12.2. The van der Waals surface area contributed by atoms with Gasteiger partial charge in [-0.15, -0.1) is 13.2 Å². The van der Waals surface area contributed by atoms with E-state index in [2.05, 4.69) is 6.58 Å². The standard InChI is InChI=1S/C5H2F7O/c1-2-3(6,7)4(8,9)13-5(10,11)12/h1-2H. The van der Waals surface area contributed by atoms with Crippen molar-refractivity contribution in [2.45, 2.75) is 18.4 Å². The van der Waals surface area contributed by atoms with Crippen molar-refractivity contribution in [1.29, 1.82) is 0 Å². The lowest BCUT2D eigenvalue weighted by atomic mass is 10.3. The summed E-state index contributed by atoms with van der Waals surface area (Å²) in [6.07, 6.45) is -12.4. The molecule has 0 N–H and O–H groups in total. The van der Waals surface area contributed by atoms with Crippen molar-refractivity contribution in [3.8, 4) is 0 Å². The van der Waals surface area contributed by atoms with Gasteiger partial charge in [-0.25, -0.2) is 4.74 Å². The first-order chi connectivity index (χ1) is 5.52. The zero-order chi connectivity index (χ0) is 10.9. The van der Waals surface area contributed by atoms with Crippen LogP contribution >= 0.6 is 0 Å². The predicted molar refractivity (Wildman–Crippen MR) is 25.9 cm³/mol. The fraction of sp³-hybridized carbons (Fsp3) is 0.600. The van der Waals surface area contributed by atoms with Crippen molar-refractivity contribution >= 4 is 0 Å². The molecule has 0 saturated heterocycles. The normalized spacial score (nSPS) is 14.4. The maximum Gasteiger partial charge on any atom is 0.527 e. The molecule has 0 fully saturated rings. The van der Waals surface area contributed by atoms with Gasteiger partial charge in [0, 0.05) is 0 Å². The Morgan fingerprint density at radius 2 is 1.31 bits per heavy atom. The maximum absolute atomic E-state index is 11.9. The minimum absolute atomic E-state index is 0.876. The second-order valence-electron chi connectivity index (χ2n) is 1.85. The average Bonchev–Trinajstić information content (AvgIpc) is 1.81. The molecule has 0 atom stereocenters. The molecule has 0 rings (SSSR count). The van der Waals surface area contributed by atoms with Gasteiger partial charge in [-0.2, -0.15) is 17.6 Å². The molecule has 77 valence electrons. The van der Waals surface area contributed by atoms with Crippen molar-refractivity contribution < 1.29 is 35.5 Å². The van der Waals surface area contributed by atoms with E-state index < -0.39 is 24.5 Å². The largest absolute Gasteiger partial charge is 0.527 e. The van der Waals surface area contributed by atoms with Gasteiger partial charge in [0.1, 0.15) is 0 Å². The lowest BCUT2D eigenvalue weighted by Gasteiger charge is -2.23. The Balaban J connectivity index is 4.67. The number of alkyl halides is 7. The Hall–Kier alpha value is -0.790. The van der Waals surface area contributed by atoms with Gasteiger partial charge in [0.15, 0.2) is 0 Å². The van der Waals surface area contributed by atoms with E-state index in [1.807, 2.05) is 4.74 Å². The zero-order valence-electron chi connectivity index (χ0n) is 5.71. The Morgan fingerprint density at radius 3 is 1.54 bits per heavy atom. The van der Waals surface area contributed by atoms with Gasteiger partial charge in [-0.05, 0) is 6.08 Å². The second kappa shape index (κ2) is 3.17. The van der Waals surface area contributed by atoms with E-state index in [0.29, 0.717) is 0 Å². The zero-order valence-corrected chi connectivity index (χ0v) is 5.71. The highest BCUT2D eigenvalue weighted by atomic mass is 19.4. The maximum atomic E-state index is 11.9. The van der Waals surface area contributed by atoms with E-state index in [1.165, 1.54) is 0 Å². The van der Waals surface area contributed by atoms with Crippen LogP contribution in [-0.4, -0.2) is 18.4 Å². The molecule has 0 saturated carbocycles. The molecule has 13 heavy (non-hydrogen) atoms. The van der Waals surface area contributed by atoms with Crippen LogP contribution in [0.1, 0.15) is 0 Å². The summed E-state index contributed by atoms with van der Waals surface area (Å²) in [6, 6.07) is 0. The van der Waals surface area contributed by atoms with E-state index in [-0.39, 0.29) is 0 Å². The number of hydrogen-bond donors (Lipinski definition) is 0. The lowest BCUT2D eigenvalue weighted by molar-refractivity contribution is -0.458. The van der Waals surface area contributed by atoms with Crippen molar-refractivity contribution in [3.05, 3.63) is 12.7 Å². The number of hydrogen-bond acceptors (Lipinski definition) is 1. The van der Waals surface area contributed by atoms with Crippen molar-refractivity contribution in [3.63, 3.8) is 0 Å². The van der Waals surface area contributed by atoms with Crippen LogP contribution in [0.4, 0.5) is 30.7 Å². The third-order valence-electron chi connectivity index (χ3n) is 0.841. The molecule has 0 amide bonds. The third-order valence-corrected chi connectivity index (χ3v) is 0.841. The van der Waals surface area contributed by atoms with Gasteiger partial charge in [0.25, 0.3) is 0 Å². The lowest BCUT2D eigenvalue weighted by Crippen LogP contribution is -2.44. The number of ether oxygens (including phenoxy) is 1. The van der Waals surface area contributed by atoms with Gasteiger partial charge < -0.3 is 0 Å². The fourth-order valence-electron chi connectivity index (χ4n) is 0.310. The van der Waals surface area contributed by atoms with Gasteiger partial charge in [-0.3, -0.25) is 0 Å². The molecule has 0 heterocycles. The monoisotopic (exact) mass is 211 g/mol. The SMILES string of the molecule is [CH]=CC(F)(F)C(F)(F)OC(F)(F)F. The van der Waals surface area contributed by atoms with Crippen molar-refractivity contribution in [1.82, 2.24) is 0 Å². The second-order valence-corrected chi connectivity index (χ2v) is 1.85. The summed E-state index contributed by atoms with van der Waals surface area (Å²) in [5.41, 5.74) is 0. The van der Waals surface area contributed by atoms with Crippen LogP contribution in [0.15, 0.2) is 6.08 Å². The number of rotatable bonds is 3. The van der Waals surface area contributed by atoms with E-state index in [0.717, 1.165) is 0 Å². The van der Waals surface area contributed by atoms with E-state index in [4.69, 9.17) is 0 Å². The molecule has 1 radical (unpaired) electrons. The molecular weight excluding hydrogens is 209 g/mol. The van der Waals surface area contributed by atoms with Crippen molar-refractivity contribution in [2.24, 2.45) is 0 Å². The Morgan fingerprint density at radius 1 is 0.923 bits per heavy atom. The summed E-state index contributed by atoms with van der Waals surface area (Å²) in [6.45, 7) is 4.01. The molecular formula is C5H2F7O. The molecule has 0 bridgehead atoms. The minimum Gasteiger partial charge on any atom is -0.221 e. The summed E-state index contributed by atoms with van der Waals surface area (Å²) in [4.78, 5) is 0. The molecule has 0 aromatic carbocycles. The molecule has 8 heteroatoms. The van der Waals surface area contributed by atoms with Crippen LogP contribution in [0, 0.1) is 6.58 Å². The van der Waals surface area contributed by atoms with Gasteiger partial charge in [0.2, 0.25) is 0 Å². The highest BCUT2D eigenvalue weighted by Gasteiger charge is 2.61. The smallest absolute Gasteiger partial charge is 0.221 e. The van der Waals surface area contributed by atoms with Crippen LogP contribution in [0.5, 0.6) is 0 Å². The van der Waals surface area contributed by atoms with Gasteiger partial charge >= 0.3 is 18.4 Å². The summed E-state index contributed by atoms with van der Waals surface area (Å²) >= 11 is 0. The molecule has 0 unspecified atom stereocenters. The third kappa shape index (κ3) is 3.21. The van der Waals surface area contributed by atoms with Crippen LogP contribution in [0.2, 0.25) is 0 Å². The van der Waals surface area contributed by atoms with Crippen LogP contribution in [0.3, 0.4) is 0 Å². The van der Waals surface area contributed by atoms with Crippen LogP contribution in [-0.2, 0) is 4.74 Å². The van der Waals surface area contributed by atoms with Crippen LogP contribution < -0.4 is 0 Å². The van der Waals surface area contributed by atoms with Crippen LogP contribution in [0.25, 0.3) is 0 Å². The highest BCUT2D eigenvalue weighted by molar-refractivity contribution is 4.92. The molecule has 0 aliphatic rings. The minimum atomic E-state index is -5.87. The van der Waals surface area contributed by atoms with E-state index >= 15 is 0 Å². The molecule has 0 aliphatic heterocycles. The Bertz CT molecular complexity index is 194. The average molecular weight is 211 g/mol.